The third kappa shape index (κ3) is 2.43. The van der Waals surface area contributed by atoms with Gasteiger partial charge < -0.3 is 4.74 Å². The number of rotatable bonds is 2. The second-order valence-corrected chi connectivity index (χ2v) is 3.60. The fraction of sp³-hybridized carbons (Fsp3) is 0.0769. The summed E-state index contributed by atoms with van der Waals surface area (Å²) in [7, 11) is 0. The van der Waals surface area contributed by atoms with Crippen LogP contribution in [0.4, 0.5) is 8.78 Å². The van der Waals surface area contributed by atoms with E-state index >= 15 is 0 Å². The lowest BCUT2D eigenvalue weighted by atomic mass is 10.2. The van der Waals surface area contributed by atoms with E-state index in [4.69, 9.17) is 10.00 Å². The van der Waals surface area contributed by atoms with E-state index in [0.29, 0.717) is 5.69 Å². The van der Waals surface area contributed by atoms with Gasteiger partial charge in [-0.1, -0.05) is 0 Å². The maximum Gasteiger partial charge on any atom is 0.237 e. The van der Waals surface area contributed by atoms with Crippen LogP contribution in [0.15, 0.2) is 30.3 Å². The molecule has 1 heterocycles. The molecule has 0 aliphatic carbocycles. The summed E-state index contributed by atoms with van der Waals surface area (Å²) in [5, 5.41) is 8.88. The van der Waals surface area contributed by atoms with Crippen LogP contribution in [0.5, 0.6) is 11.6 Å². The molecule has 0 bridgehead atoms. The smallest absolute Gasteiger partial charge is 0.237 e. The van der Waals surface area contributed by atoms with Crippen molar-refractivity contribution >= 4 is 0 Å². The number of hydrogen-bond acceptors (Lipinski definition) is 3. The van der Waals surface area contributed by atoms with Gasteiger partial charge in [0.1, 0.15) is 17.4 Å². The minimum absolute atomic E-state index is 0.0727. The molecule has 1 aromatic carbocycles. The number of nitrogens with zero attached hydrogens (tertiary/aromatic N) is 2. The van der Waals surface area contributed by atoms with E-state index in [-0.39, 0.29) is 17.2 Å². The standard InChI is InChI=1S/C13H8F2N2O/c1-8-2-3-9(7-16)13(17-8)18-10-4-5-11(14)12(15)6-10/h2-6H,1H3. The summed E-state index contributed by atoms with van der Waals surface area (Å²) >= 11 is 0. The minimum atomic E-state index is -1.02. The Labute approximate surface area is 102 Å². The predicted octanol–water partition coefficient (Wildman–Crippen LogP) is 3.33. The Kier molecular flexibility index (Phi) is 3.20. The molecule has 0 aliphatic rings. The van der Waals surface area contributed by atoms with Gasteiger partial charge in [0.2, 0.25) is 5.88 Å². The zero-order chi connectivity index (χ0) is 13.1. The summed E-state index contributed by atoms with van der Waals surface area (Å²) in [5.74, 6) is -1.81. The van der Waals surface area contributed by atoms with Crippen molar-refractivity contribution in [1.29, 1.82) is 5.26 Å². The van der Waals surface area contributed by atoms with Crippen molar-refractivity contribution < 1.29 is 13.5 Å². The fourth-order valence-corrected chi connectivity index (χ4v) is 1.35. The van der Waals surface area contributed by atoms with E-state index in [1.54, 1.807) is 19.1 Å². The van der Waals surface area contributed by atoms with Crippen LogP contribution in [-0.2, 0) is 0 Å². The van der Waals surface area contributed by atoms with Crippen molar-refractivity contribution in [3.63, 3.8) is 0 Å². The molecule has 0 fully saturated rings. The Balaban J connectivity index is 2.36. The first-order valence-electron chi connectivity index (χ1n) is 5.11. The summed E-state index contributed by atoms with van der Waals surface area (Å²) in [5.41, 5.74) is 0.886. The lowest BCUT2D eigenvalue weighted by Gasteiger charge is -2.07. The van der Waals surface area contributed by atoms with Crippen LogP contribution in [0.25, 0.3) is 0 Å². The highest BCUT2D eigenvalue weighted by Gasteiger charge is 2.09. The van der Waals surface area contributed by atoms with E-state index in [1.807, 2.05) is 6.07 Å². The van der Waals surface area contributed by atoms with Crippen molar-refractivity contribution in [2.75, 3.05) is 0 Å². The molecule has 0 amide bonds. The first-order valence-corrected chi connectivity index (χ1v) is 5.11. The third-order valence-electron chi connectivity index (χ3n) is 2.23. The predicted molar refractivity (Wildman–Crippen MR) is 60.1 cm³/mol. The zero-order valence-electron chi connectivity index (χ0n) is 9.45. The number of benzene rings is 1. The van der Waals surface area contributed by atoms with E-state index in [1.165, 1.54) is 6.07 Å². The van der Waals surface area contributed by atoms with E-state index < -0.39 is 11.6 Å². The molecule has 0 saturated carbocycles. The maximum absolute atomic E-state index is 13.0. The molecule has 5 heteroatoms. The van der Waals surface area contributed by atoms with Gasteiger partial charge in [-0.05, 0) is 31.2 Å². The van der Waals surface area contributed by atoms with Crippen LogP contribution < -0.4 is 4.74 Å². The number of aryl methyl sites for hydroxylation is 1. The molecule has 18 heavy (non-hydrogen) atoms. The fourth-order valence-electron chi connectivity index (χ4n) is 1.35. The van der Waals surface area contributed by atoms with Gasteiger partial charge >= 0.3 is 0 Å². The molecular weight excluding hydrogens is 238 g/mol. The zero-order valence-corrected chi connectivity index (χ0v) is 9.45. The SMILES string of the molecule is Cc1ccc(C#N)c(Oc2ccc(F)c(F)c2)n1. The minimum Gasteiger partial charge on any atom is -0.438 e. The third-order valence-corrected chi connectivity index (χ3v) is 2.23. The van der Waals surface area contributed by atoms with Crippen molar-refractivity contribution in [2.24, 2.45) is 0 Å². The van der Waals surface area contributed by atoms with Crippen LogP contribution in [0.2, 0.25) is 0 Å². The highest BCUT2D eigenvalue weighted by atomic mass is 19.2. The molecule has 0 atom stereocenters. The van der Waals surface area contributed by atoms with Crippen molar-refractivity contribution in [3.8, 4) is 17.7 Å². The molecule has 2 rings (SSSR count). The highest BCUT2D eigenvalue weighted by Crippen LogP contribution is 2.24. The molecule has 0 unspecified atom stereocenters. The lowest BCUT2D eigenvalue weighted by Crippen LogP contribution is -1.94. The molecule has 1 aromatic heterocycles. The molecule has 0 aliphatic heterocycles. The van der Waals surface area contributed by atoms with Gasteiger partial charge in [0.15, 0.2) is 11.6 Å². The van der Waals surface area contributed by atoms with Crippen LogP contribution in [0, 0.1) is 29.9 Å². The van der Waals surface area contributed by atoms with Crippen LogP contribution in [0.3, 0.4) is 0 Å². The summed E-state index contributed by atoms with van der Waals surface area (Å²) in [6, 6.07) is 8.25. The van der Waals surface area contributed by atoms with Crippen molar-refractivity contribution in [1.82, 2.24) is 4.98 Å². The summed E-state index contributed by atoms with van der Waals surface area (Å²) < 4.78 is 31.0. The van der Waals surface area contributed by atoms with Gasteiger partial charge in [0.25, 0.3) is 0 Å². The largest absolute Gasteiger partial charge is 0.438 e. The van der Waals surface area contributed by atoms with Crippen molar-refractivity contribution in [3.05, 3.63) is 53.2 Å². The molecule has 0 saturated heterocycles. The second-order valence-electron chi connectivity index (χ2n) is 3.60. The lowest BCUT2D eigenvalue weighted by molar-refractivity contribution is 0.445. The molecule has 0 radical (unpaired) electrons. The normalized spacial score (nSPS) is 9.89. The number of hydrogen-bond donors (Lipinski definition) is 0. The Bertz CT molecular complexity index is 635. The monoisotopic (exact) mass is 246 g/mol. The maximum atomic E-state index is 13.0. The average molecular weight is 246 g/mol. The van der Waals surface area contributed by atoms with Gasteiger partial charge in [-0.3, -0.25) is 0 Å². The highest BCUT2D eigenvalue weighted by molar-refractivity contribution is 5.41. The Morgan fingerprint density at radius 1 is 1.17 bits per heavy atom. The Hall–Kier alpha value is -2.48. The number of pyridine rings is 1. The first kappa shape index (κ1) is 12.0. The van der Waals surface area contributed by atoms with Crippen molar-refractivity contribution in [2.45, 2.75) is 6.92 Å². The summed E-state index contributed by atoms with van der Waals surface area (Å²) in [6.07, 6.45) is 0. The molecular formula is C13H8F2N2O. The number of ether oxygens (including phenoxy) is 1. The van der Waals surface area contributed by atoms with Crippen LogP contribution in [-0.4, -0.2) is 4.98 Å². The van der Waals surface area contributed by atoms with Gasteiger partial charge in [0.05, 0.1) is 0 Å². The summed E-state index contributed by atoms with van der Waals surface area (Å²) in [4.78, 5) is 4.03. The molecule has 90 valence electrons. The van der Waals surface area contributed by atoms with E-state index in [2.05, 4.69) is 4.98 Å². The average Bonchev–Trinajstić information content (AvgIpc) is 2.34. The number of nitriles is 1. The topological polar surface area (TPSA) is 45.9 Å². The van der Waals surface area contributed by atoms with Crippen LogP contribution >= 0.6 is 0 Å². The Morgan fingerprint density at radius 3 is 2.61 bits per heavy atom. The van der Waals surface area contributed by atoms with Gasteiger partial charge in [0, 0.05) is 11.8 Å². The summed E-state index contributed by atoms with van der Waals surface area (Å²) in [6.45, 7) is 1.74. The second kappa shape index (κ2) is 4.80. The van der Waals surface area contributed by atoms with Gasteiger partial charge in [-0.15, -0.1) is 0 Å². The van der Waals surface area contributed by atoms with Gasteiger partial charge in [-0.2, -0.15) is 5.26 Å². The molecule has 3 nitrogen and oxygen atoms in total. The first-order chi connectivity index (χ1) is 8.60. The number of halogens is 2. The van der Waals surface area contributed by atoms with E-state index in [9.17, 15) is 8.78 Å². The quantitative estimate of drug-likeness (QED) is 0.816. The number of aromatic nitrogens is 1. The molecule has 2 aromatic rings. The van der Waals surface area contributed by atoms with Crippen LogP contribution in [0.1, 0.15) is 11.3 Å². The van der Waals surface area contributed by atoms with E-state index in [0.717, 1.165) is 12.1 Å². The molecule has 0 N–H and O–H groups in total. The Morgan fingerprint density at radius 2 is 1.94 bits per heavy atom. The molecule has 0 spiro atoms. The van der Waals surface area contributed by atoms with Gasteiger partial charge in [-0.25, -0.2) is 13.8 Å².